The topological polar surface area (TPSA) is 83.1 Å². The SMILES string of the molecule is Cc1ccc(NC(=O)C2CCNCC2)cc1NC(=O)c1ccncc1.Cl. The van der Waals surface area contributed by atoms with Crippen LogP contribution in [-0.4, -0.2) is 29.9 Å². The third-order valence-corrected chi connectivity index (χ3v) is 4.41. The quantitative estimate of drug-likeness (QED) is 0.768. The number of rotatable bonds is 4. The molecule has 0 bridgehead atoms. The number of pyridine rings is 1. The van der Waals surface area contributed by atoms with Crippen LogP contribution in [0.15, 0.2) is 42.7 Å². The second kappa shape index (κ2) is 9.31. The number of piperidine rings is 1. The minimum absolute atomic E-state index is 0. The molecule has 1 saturated heterocycles. The fourth-order valence-corrected chi connectivity index (χ4v) is 2.86. The van der Waals surface area contributed by atoms with Gasteiger partial charge in [-0.1, -0.05) is 6.07 Å². The van der Waals surface area contributed by atoms with Crippen LogP contribution in [0.4, 0.5) is 11.4 Å². The Bertz CT molecular complexity index is 761. The molecule has 1 aliphatic rings. The van der Waals surface area contributed by atoms with Crippen molar-refractivity contribution in [3.05, 3.63) is 53.9 Å². The Labute approximate surface area is 159 Å². The number of aromatic nitrogens is 1. The summed E-state index contributed by atoms with van der Waals surface area (Å²) in [4.78, 5) is 28.6. The van der Waals surface area contributed by atoms with Gasteiger partial charge in [-0.25, -0.2) is 0 Å². The van der Waals surface area contributed by atoms with Gasteiger partial charge in [0, 0.05) is 35.2 Å². The van der Waals surface area contributed by atoms with Crippen molar-refractivity contribution in [1.82, 2.24) is 10.3 Å². The van der Waals surface area contributed by atoms with Gasteiger partial charge >= 0.3 is 0 Å². The molecule has 0 aliphatic carbocycles. The Kier molecular flexibility index (Phi) is 7.12. The van der Waals surface area contributed by atoms with Gasteiger partial charge in [-0.3, -0.25) is 14.6 Å². The number of hydrogen-bond donors (Lipinski definition) is 3. The highest BCUT2D eigenvalue weighted by molar-refractivity contribution is 6.05. The van der Waals surface area contributed by atoms with E-state index in [0.717, 1.165) is 31.5 Å². The number of carbonyl (C=O) groups is 2. The van der Waals surface area contributed by atoms with E-state index in [4.69, 9.17) is 0 Å². The van der Waals surface area contributed by atoms with Crippen molar-refractivity contribution in [3.8, 4) is 0 Å². The normalized spacial score (nSPS) is 14.2. The van der Waals surface area contributed by atoms with E-state index in [-0.39, 0.29) is 30.1 Å². The van der Waals surface area contributed by atoms with Gasteiger partial charge in [0.1, 0.15) is 0 Å². The van der Waals surface area contributed by atoms with Crippen molar-refractivity contribution in [2.24, 2.45) is 5.92 Å². The molecule has 2 heterocycles. The highest BCUT2D eigenvalue weighted by Gasteiger charge is 2.21. The summed E-state index contributed by atoms with van der Waals surface area (Å²) in [6.07, 6.45) is 4.86. The monoisotopic (exact) mass is 374 g/mol. The minimum atomic E-state index is -0.202. The fourth-order valence-electron chi connectivity index (χ4n) is 2.86. The second-order valence-electron chi connectivity index (χ2n) is 6.23. The molecule has 2 amide bonds. The fraction of sp³-hybridized carbons (Fsp3) is 0.316. The van der Waals surface area contributed by atoms with Crippen molar-refractivity contribution in [1.29, 1.82) is 0 Å². The van der Waals surface area contributed by atoms with Gasteiger partial charge in [0.05, 0.1) is 0 Å². The third kappa shape index (κ3) is 5.03. The number of benzene rings is 1. The van der Waals surface area contributed by atoms with Crippen LogP contribution in [-0.2, 0) is 4.79 Å². The van der Waals surface area contributed by atoms with Crippen LogP contribution < -0.4 is 16.0 Å². The molecule has 1 aromatic heterocycles. The maximum absolute atomic E-state index is 12.4. The summed E-state index contributed by atoms with van der Waals surface area (Å²) in [5.74, 6) is -0.124. The number of nitrogens with zero attached hydrogens (tertiary/aromatic N) is 1. The molecule has 0 spiro atoms. The number of hydrogen-bond acceptors (Lipinski definition) is 4. The molecule has 0 unspecified atom stereocenters. The van der Waals surface area contributed by atoms with E-state index in [2.05, 4.69) is 20.9 Å². The first-order chi connectivity index (χ1) is 12.1. The van der Waals surface area contributed by atoms with Crippen LogP contribution in [0.3, 0.4) is 0 Å². The predicted molar refractivity (Wildman–Crippen MR) is 105 cm³/mol. The Morgan fingerprint density at radius 3 is 2.46 bits per heavy atom. The lowest BCUT2D eigenvalue weighted by Crippen LogP contribution is -2.34. The lowest BCUT2D eigenvalue weighted by Gasteiger charge is -2.22. The van der Waals surface area contributed by atoms with E-state index in [0.29, 0.717) is 16.9 Å². The van der Waals surface area contributed by atoms with Crippen LogP contribution in [0.25, 0.3) is 0 Å². The molecule has 1 fully saturated rings. The van der Waals surface area contributed by atoms with Crippen LogP contribution in [0, 0.1) is 12.8 Å². The summed E-state index contributed by atoms with van der Waals surface area (Å²) in [6.45, 7) is 3.67. The van der Waals surface area contributed by atoms with E-state index in [1.165, 1.54) is 0 Å². The number of aryl methyl sites for hydroxylation is 1. The predicted octanol–water partition coefficient (Wildman–Crippen LogP) is 3.00. The lowest BCUT2D eigenvalue weighted by atomic mass is 9.97. The van der Waals surface area contributed by atoms with Crippen molar-refractivity contribution >= 4 is 35.6 Å². The lowest BCUT2D eigenvalue weighted by molar-refractivity contribution is -0.120. The van der Waals surface area contributed by atoms with Crippen molar-refractivity contribution in [2.75, 3.05) is 23.7 Å². The molecule has 1 aliphatic heterocycles. The molecule has 7 heteroatoms. The first-order valence-corrected chi connectivity index (χ1v) is 8.47. The maximum Gasteiger partial charge on any atom is 0.255 e. The molecule has 0 saturated carbocycles. The molecule has 0 atom stereocenters. The molecular weight excluding hydrogens is 352 g/mol. The van der Waals surface area contributed by atoms with Gasteiger partial charge in [0.25, 0.3) is 5.91 Å². The van der Waals surface area contributed by atoms with Gasteiger partial charge < -0.3 is 16.0 Å². The van der Waals surface area contributed by atoms with Crippen LogP contribution in [0.1, 0.15) is 28.8 Å². The molecule has 26 heavy (non-hydrogen) atoms. The Morgan fingerprint density at radius 1 is 1.08 bits per heavy atom. The third-order valence-electron chi connectivity index (χ3n) is 4.41. The summed E-state index contributed by atoms with van der Waals surface area (Å²) in [7, 11) is 0. The Morgan fingerprint density at radius 2 is 1.77 bits per heavy atom. The number of anilines is 2. The average molecular weight is 375 g/mol. The largest absolute Gasteiger partial charge is 0.326 e. The van der Waals surface area contributed by atoms with Crippen molar-refractivity contribution < 1.29 is 9.59 Å². The zero-order valence-electron chi connectivity index (χ0n) is 14.6. The Balaban J connectivity index is 0.00000243. The van der Waals surface area contributed by atoms with E-state index >= 15 is 0 Å². The van der Waals surface area contributed by atoms with Gasteiger partial charge in [-0.2, -0.15) is 0 Å². The molecule has 3 N–H and O–H groups in total. The van der Waals surface area contributed by atoms with Gasteiger partial charge in [0.2, 0.25) is 5.91 Å². The first kappa shape index (κ1) is 19.9. The van der Waals surface area contributed by atoms with Gasteiger partial charge in [-0.05, 0) is 62.7 Å². The van der Waals surface area contributed by atoms with Crippen LogP contribution >= 0.6 is 12.4 Å². The van der Waals surface area contributed by atoms with E-state index in [1.807, 2.05) is 19.1 Å². The Hall–Kier alpha value is -2.44. The van der Waals surface area contributed by atoms with Gasteiger partial charge in [-0.15, -0.1) is 12.4 Å². The van der Waals surface area contributed by atoms with Crippen molar-refractivity contribution in [2.45, 2.75) is 19.8 Å². The van der Waals surface area contributed by atoms with E-state index in [9.17, 15) is 9.59 Å². The number of halogens is 1. The summed E-state index contributed by atoms with van der Waals surface area (Å²) >= 11 is 0. The van der Waals surface area contributed by atoms with Crippen LogP contribution in [0.5, 0.6) is 0 Å². The summed E-state index contributed by atoms with van der Waals surface area (Å²) in [6, 6.07) is 8.87. The number of nitrogens with one attached hydrogen (secondary N) is 3. The smallest absolute Gasteiger partial charge is 0.255 e. The number of carbonyl (C=O) groups excluding carboxylic acids is 2. The van der Waals surface area contributed by atoms with E-state index < -0.39 is 0 Å². The highest BCUT2D eigenvalue weighted by Crippen LogP contribution is 2.22. The second-order valence-corrected chi connectivity index (χ2v) is 6.23. The molecule has 2 aromatic rings. The summed E-state index contributed by atoms with van der Waals surface area (Å²) in [5.41, 5.74) is 2.85. The highest BCUT2D eigenvalue weighted by atomic mass is 35.5. The average Bonchev–Trinajstić information content (AvgIpc) is 2.66. The minimum Gasteiger partial charge on any atom is -0.326 e. The zero-order chi connectivity index (χ0) is 17.6. The first-order valence-electron chi connectivity index (χ1n) is 8.47. The molecule has 138 valence electrons. The number of amides is 2. The van der Waals surface area contributed by atoms with Gasteiger partial charge in [0.15, 0.2) is 0 Å². The van der Waals surface area contributed by atoms with Crippen LogP contribution in [0.2, 0.25) is 0 Å². The maximum atomic E-state index is 12.4. The molecule has 1 aromatic carbocycles. The molecule has 0 radical (unpaired) electrons. The molecule has 6 nitrogen and oxygen atoms in total. The van der Waals surface area contributed by atoms with Crippen molar-refractivity contribution in [3.63, 3.8) is 0 Å². The summed E-state index contributed by atoms with van der Waals surface area (Å²) in [5, 5.41) is 9.11. The molecule has 3 rings (SSSR count). The zero-order valence-corrected chi connectivity index (χ0v) is 15.4. The van der Waals surface area contributed by atoms with E-state index in [1.54, 1.807) is 30.6 Å². The standard InChI is InChI=1S/C19H22N4O2.ClH/c1-13-2-3-16(22-18(24)14-4-8-20-9-5-14)12-17(13)23-19(25)15-6-10-21-11-7-15;/h2-3,6-7,10-12,14,20H,4-5,8-9H2,1H3,(H,22,24)(H,23,25);1H. The summed E-state index contributed by atoms with van der Waals surface area (Å²) < 4.78 is 0. The molecular formula is C19H23ClN4O2.